The number of carbonyl (C=O) groups is 1. The minimum absolute atomic E-state index is 0.00254. The lowest BCUT2D eigenvalue weighted by Gasteiger charge is -2.20. The summed E-state index contributed by atoms with van der Waals surface area (Å²) in [5, 5.41) is 8.78. The zero-order chi connectivity index (χ0) is 22.3. The van der Waals surface area contributed by atoms with Gasteiger partial charge in [0, 0.05) is 6.42 Å². The molecule has 0 saturated heterocycles. The maximum Gasteiger partial charge on any atom is 0.303 e. The van der Waals surface area contributed by atoms with Crippen molar-refractivity contribution in [1.82, 2.24) is 4.72 Å². The van der Waals surface area contributed by atoms with Gasteiger partial charge in [-0.25, -0.2) is 17.5 Å². The molecule has 3 rings (SSSR count). The number of carboxylic acid groups (broad SMARTS) is 1. The molecule has 1 unspecified atom stereocenters. The van der Waals surface area contributed by atoms with E-state index in [1.54, 1.807) is 0 Å². The Balaban J connectivity index is 1.82. The van der Waals surface area contributed by atoms with E-state index in [9.17, 15) is 17.6 Å². The van der Waals surface area contributed by atoms with E-state index >= 15 is 0 Å². The molecular formula is C24H24FNO4S. The molecular weight excluding hydrogens is 417 g/mol. The van der Waals surface area contributed by atoms with Crippen LogP contribution in [0.3, 0.4) is 0 Å². The topological polar surface area (TPSA) is 83.5 Å². The first-order chi connectivity index (χ1) is 14.8. The highest BCUT2D eigenvalue weighted by atomic mass is 32.2. The summed E-state index contributed by atoms with van der Waals surface area (Å²) in [7, 11) is -3.86. The molecule has 0 heterocycles. The molecule has 0 bridgehead atoms. The number of rotatable bonds is 10. The molecule has 0 saturated carbocycles. The lowest BCUT2D eigenvalue weighted by molar-refractivity contribution is -0.137. The van der Waals surface area contributed by atoms with Crippen molar-refractivity contribution in [3.05, 3.63) is 101 Å². The van der Waals surface area contributed by atoms with Crippen molar-refractivity contribution in [3.8, 4) is 0 Å². The number of sulfonamides is 1. The quantitative estimate of drug-likeness (QED) is 0.485. The fourth-order valence-corrected chi connectivity index (χ4v) is 4.53. The Bertz CT molecular complexity index is 1100. The summed E-state index contributed by atoms with van der Waals surface area (Å²) >= 11 is 0. The Morgan fingerprint density at radius 2 is 1.55 bits per heavy atom. The van der Waals surface area contributed by atoms with Crippen LogP contribution in [0.25, 0.3) is 0 Å². The molecule has 0 fully saturated rings. The second kappa shape index (κ2) is 10.3. The van der Waals surface area contributed by atoms with E-state index in [1.165, 1.54) is 12.1 Å². The number of aliphatic carboxylic acids is 1. The molecule has 0 aliphatic carbocycles. The highest BCUT2D eigenvalue weighted by molar-refractivity contribution is 7.89. The third-order valence-electron chi connectivity index (χ3n) is 4.94. The smallest absolute Gasteiger partial charge is 0.303 e. The molecule has 0 aliphatic heterocycles. The predicted octanol–water partition coefficient (Wildman–Crippen LogP) is 4.50. The van der Waals surface area contributed by atoms with Crippen molar-refractivity contribution >= 4 is 16.0 Å². The van der Waals surface area contributed by atoms with Crippen molar-refractivity contribution in [1.29, 1.82) is 0 Å². The van der Waals surface area contributed by atoms with Gasteiger partial charge in [-0.1, -0.05) is 54.6 Å². The van der Waals surface area contributed by atoms with E-state index in [-0.39, 0.29) is 11.3 Å². The van der Waals surface area contributed by atoms with E-state index < -0.39 is 27.9 Å². The van der Waals surface area contributed by atoms with Crippen LogP contribution < -0.4 is 4.72 Å². The fraction of sp³-hybridized carbons (Fsp3) is 0.208. The van der Waals surface area contributed by atoms with E-state index in [2.05, 4.69) is 4.72 Å². The monoisotopic (exact) mass is 441 g/mol. The highest BCUT2D eigenvalue weighted by Gasteiger charge is 2.22. The second-order valence-electron chi connectivity index (χ2n) is 7.31. The minimum Gasteiger partial charge on any atom is -0.481 e. The normalized spacial score (nSPS) is 12.4. The molecule has 2 N–H and O–H groups in total. The van der Waals surface area contributed by atoms with Gasteiger partial charge in [0.05, 0.1) is 10.9 Å². The van der Waals surface area contributed by atoms with Crippen LogP contribution in [-0.2, 0) is 27.7 Å². The van der Waals surface area contributed by atoms with Gasteiger partial charge in [0.1, 0.15) is 5.82 Å². The standard InChI is InChI=1S/C24H24FNO4S/c25-21-13-15-22(16-14-21)31(29,30)26-23(17-19-5-2-1-3-6-19)20-11-9-18(10-12-20)7-4-8-24(27)28/h1-3,5-6,9-16,23,26H,4,7-8,17H2,(H,27,28). The summed E-state index contributed by atoms with van der Waals surface area (Å²) in [5.41, 5.74) is 2.75. The molecule has 0 spiro atoms. The molecule has 162 valence electrons. The van der Waals surface area contributed by atoms with Crippen molar-refractivity contribution < 1.29 is 22.7 Å². The molecule has 0 amide bonds. The number of halogens is 1. The van der Waals surface area contributed by atoms with Crippen LogP contribution in [0.4, 0.5) is 4.39 Å². The first-order valence-electron chi connectivity index (χ1n) is 9.96. The number of carboxylic acids is 1. The Hall–Kier alpha value is -3.03. The first kappa shape index (κ1) is 22.7. The fourth-order valence-electron chi connectivity index (χ4n) is 3.31. The molecule has 1 atom stereocenters. The van der Waals surface area contributed by atoms with Gasteiger partial charge in [0.15, 0.2) is 0 Å². The third-order valence-corrected chi connectivity index (χ3v) is 6.43. The van der Waals surface area contributed by atoms with Gasteiger partial charge < -0.3 is 5.11 Å². The highest BCUT2D eigenvalue weighted by Crippen LogP contribution is 2.23. The summed E-state index contributed by atoms with van der Waals surface area (Å²) in [5.74, 6) is -1.33. The number of hydrogen-bond acceptors (Lipinski definition) is 3. The summed E-state index contributed by atoms with van der Waals surface area (Å²) < 4.78 is 41.8. The van der Waals surface area contributed by atoms with Gasteiger partial charge in [-0.3, -0.25) is 4.79 Å². The summed E-state index contributed by atoms with van der Waals surface area (Å²) in [6.45, 7) is 0. The van der Waals surface area contributed by atoms with Crippen molar-refractivity contribution in [2.45, 2.75) is 36.6 Å². The second-order valence-corrected chi connectivity index (χ2v) is 9.02. The number of nitrogens with one attached hydrogen (secondary N) is 1. The molecule has 5 nitrogen and oxygen atoms in total. The molecule has 7 heteroatoms. The molecule has 3 aromatic carbocycles. The number of hydrogen-bond donors (Lipinski definition) is 2. The van der Waals surface area contributed by atoms with Gasteiger partial charge in [-0.05, 0) is 60.2 Å². The van der Waals surface area contributed by atoms with Crippen LogP contribution in [0.5, 0.6) is 0 Å². The van der Waals surface area contributed by atoms with Crippen LogP contribution in [-0.4, -0.2) is 19.5 Å². The lowest BCUT2D eigenvalue weighted by Crippen LogP contribution is -2.30. The van der Waals surface area contributed by atoms with Gasteiger partial charge in [0.2, 0.25) is 10.0 Å². The lowest BCUT2D eigenvalue weighted by atomic mass is 9.98. The minimum atomic E-state index is -3.86. The van der Waals surface area contributed by atoms with Crippen LogP contribution in [0.2, 0.25) is 0 Å². The van der Waals surface area contributed by atoms with Gasteiger partial charge in [-0.15, -0.1) is 0 Å². The Labute approximate surface area is 181 Å². The average Bonchev–Trinajstić information content (AvgIpc) is 2.74. The van der Waals surface area contributed by atoms with Gasteiger partial charge >= 0.3 is 5.97 Å². The number of benzene rings is 3. The molecule has 0 radical (unpaired) electrons. The molecule has 0 aromatic heterocycles. The van der Waals surface area contributed by atoms with Crippen LogP contribution in [0, 0.1) is 5.82 Å². The zero-order valence-corrected chi connectivity index (χ0v) is 17.7. The van der Waals surface area contributed by atoms with E-state index in [1.807, 2.05) is 54.6 Å². The molecule has 0 aliphatic rings. The summed E-state index contributed by atoms with van der Waals surface area (Å²) in [6.07, 6.45) is 1.73. The Morgan fingerprint density at radius 1 is 0.903 bits per heavy atom. The Morgan fingerprint density at radius 3 is 2.16 bits per heavy atom. The summed E-state index contributed by atoms with van der Waals surface area (Å²) in [6, 6.07) is 21.2. The van der Waals surface area contributed by atoms with Crippen molar-refractivity contribution in [3.63, 3.8) is 0 Å². The number of aryl methyl sites for hydroxylation is 1. The zero-order valence-electron chi connectivity index (χ0n) is 16.9. The molecule has 31 heavy (non-hydrogen) atoms. The van der Waals surface area contributed by atoms with Crippen LogP contribution >= 0.6 is 0 Å². The van der Waals surface area contributed by atoms with Crippen molar-refractivity contribution in [2.24, 2.45) is 0 Å². The third kappa shape index (κ3) is 6.73. The van der Waals surface area contributed by atoms with Crippen LogP contribution in [0.15, 0.2) is 83.8 Å². The molecule has 3 aromatic rings. The first-order valence-corrected chi connectivity index (χ1v) is 11.4. The van der Waals surface area contributed by atoms with E-state index in [0.717, 1.165) is 28.8 Å². The Kier molecular flexibility index (Phi) is 7.55. The van der Waals surface area contributed by atoms with E-state index in [0.29, 0.717) is 19.3 Å². The largest absolute Gasteiger partial charge is 0.481 e. The maximum atomic E-state index is 13.2. The van der Waals surface area contributed by atoms with Gasteiger partial charge in [-0.2, -0.15) is 0 Å². The van der Waals surface area contributed by atoms with Crippen molar-refractivity contribution in [2.75, 3.05) is 0 Å². The SMILES string of the molecule is O=C(O)CCCc1ccc(C(Cc2ccccc2)NS(=O)(=O)c2ccc(F)cc2)cc1. The van der Waals surface area contributed by atoms with E-state index in [4.69, 9.17) is 5.11 Å². The summed E-state index contributed by atoms with van der Waals surface area (Å²) in [4.78, 5) is 10.7. The predicted molar refractivity (Wildman–Crippen MR) is 117 cm³/mol. The van der Waals surface area contributed by atoms with Gasteiger partial charge in [0.25, 0.3) is 0 Å². The maximum absolute atomic E-state index is 13.2. The average molecular weight is 442 g/mol. The van der Waals surface area contributed by atoms with Crippen LogP contribution in [0.1, 0.15) is 35.6 Å².